The second-order valence-electron chi connectivity index (χ2n) is 4.34. The molecule has 1 aromatic carbocycles. The maximum Gasteiger partial charge on any atom is 0.133 e. The fourth-order valence-corrected chi connectivity index (χ4v) is 2.77. The van der Waals surface area contributed by atoms with Gasteiger partial charge in [0.1, 0.15) is 9.93 Å². The molecule has 2 aromatic rings. The van der Waals surface area contributed by atoms with Gasteiger partial charge in [0.15, 0.2) is 0 Å². The Bertz CT molecular complexity index is 551. The quantitative estimate of drug-likeness (QED) is 0.798. The van der Waals surface area contributed by atoms with Gasteiger partial charge in [-0.25, -0.2) is 0 Å². The largest absolute Gasteiger partial charge is 0.379 e. The van der Waals surface area contributed by atoms with Gasteiger partial charge in [-0.05, 0) is 40.3 Å². The van der Waals surface area contributed by atoms with E-state index in [1.165, 1.54) is 0 Å². The van der Waals surface area contributed by atoms with Crippen LogP contribution in [0.3, 0.4) is 0 Å². The summed E-state index contributed by atoms with van der Waals surface area (Å²) >= 11 is 2.22. The molecule has 0 saturated carbocycles. The van der Waals surface area contributed by atoms with Crippen molar-refractivity contribution in [3.05, 3.63) is 27.5 Å². The highest BCUT2D eigenvalue weighted by atomic mass is 127. The Labute approximate surface area is 118 Å². The Kier molecular flexibility index (Phi) is 3.51. The lowest BCUT2D eigenvalue weighted by molar-refractivity contribution is -0.0603. The van der Waals surface area contributed by atoms with Gasteiger partial charge in [-0.15, -0.1) is 0 Å². The summed E-state index contributed by atoms with van der Waals surface area (Å²) in [6.45, 7) is 2.88. The van der Waals surface area contributed by atoms with Gasteiger partial charge in [0.25, 0.3) is 0 Å². The van der Waals surface area contributed by atoms with Crippen molar-refractivity contribution in [1.29, 1.82) is 0 Å². The lowest BCUT2D eigenvalue weighted by Gasteiger charge is -2.31. The number of aliphatic hydroxyl groups excluding tert-OH is 1. The van der Waals surface area contributed by atoms with Gasteiger partial charge in [-0.1, -0.05) is 6.07 Å². The molecule has 2 heterocycles. The first-order chi connectivity index (χ1) is 8.75. The Morgan fingerprint density at radius 1 is 1.39 bits per heavy atom. The van der Waals surface area contributed by atoms with E-state index in [1.54, 1.807) is 0 Å². The molecule has 96 valence electrons. The molecule has 0 bridgehead atoms. The maximum absolute atomic E-state index is 10.3. The minimum atomic E-state index is -0.576. The van der Waals surface area contributed by atoms with Gasteiger partial charge in [0.2, 0.25) is 0 Å². The Morgan fingerprint density at radius 2 is 2.17 bits per heavy atom. The van der Waals surface area contributed by atoms with E-state index in [9.17, 15) is 5.11 Å². The van der Waals surface area contributed by atoms with Crippen LogP contribution in [0.15, 0.2) is 18.2 Å². The maximum atomic E-state index is 10.3. The molecule has 1 fully saturated rings. The van der Waals surface area contributed by atoms with E-state index in [1.807, 2.05) is 23.1 Å². The number of aromatic amines is 1. The first-order valence-corrected chi connectivity index (χ1v) is 6.97. The number of hydrogen-bond acceptors (Lipinski definition) is 4. The summed E-state index contributed by atoms with van der Waals surface area (Å²) in [5.41, 5.74) is 1.77. The molecule has 0 aliphatic carbocycles. The molecule has 0 amide bonds. The molecule has 0 radical (unpaired) electrons. The predicted octanol–water partition coefficient (Wildman–Crippen LogP) is 1.49. The van der Waals surface area contributed by atoms with Crippen molar-refractivity contribution in [2.45, 2.75) is 6.23 Å². The fourth-order valence-electron chi connectivity index (χ4n) is 2.19. The van der Waals surface area contributed by atoms with Crippen LogP contribution in [-0.4, -0.2) is 46.5 Å². The zero-order valence-corrected chi connectivity index (χ0v) is 11.9. The first-order valence-electron chi connectivity index (χ1n) is 5.89. The number of hydrogen-bond donors (Lipinski definition) is 2. The number of aromatic nitrogens is 2. The molecule has 1 aliphatic rings. The molecule has 2 N–H and O–H groups in total. The molecule has 1 atom stereocenters. The van der Waals surface area contributed by atoms with Crippen LogP contribution < -0.4 is 0 Å². The van der Waals surface area contributed by atoms with E-state index in [-0.39, 0.29) is 0 Å². The number of rotatable bonds is 2. The van der Waals surface area contributed by atoms with Gasteiger partial charge in [-0.3, -0.25) is 10.00 Å². The van der Waals surface area contributed by atoms with E-state index in [0.717, 1.165) is 33.3 Å². The van der Waals surface area contributed by atoms with Gasteiger partial charge >= 0.3 is 0 Å². The number of fused-ring (bicyclic) bond motifs is 1. The highest BCUT2D eigenvalue weighted by Gasteiger charge is 2.20. The highest BCUT2D eigenvalue weighted by molar-refractivity contribution is 14.1. The van der Waals surface area contributed by atoms with Crippen LogP contribution >= 0.6 is 22.6 Å². The van der Waals surface area contributed by atoms with Crippen LogP contribution in [-0.2, 0) is 4.74 Å². The van der Waals surface area contributed by atoms with Crippen molar-refractivity contribution in [2.24, 2.45) is 0 Å². The topological polar surface area (TPSA) is 61.4 Å². The molecule has 1 saturated heterocycles. The highest BCUT2D eigenvalue weighted by Crippen LogP contribution is 2.24. The molecule has 3 rings (SSSR count). The lowest BCUT2D eigenvalue weighted by Crippen LogP contribution is -2.38. The second-order valence-corrected chi connectivity index (χ2v) is 5.41. The van der Waals surface area contributed by atoms with Crippen LogP contribution in [0.2, 0.25) is 0 Å². The number of nitrogens with one attached hydrogen (secondary N) is 1. The SMILES string of the molecule is OC(c1ccc2c(I)[nH]nc2c1)N1CCOCC1. The van der Waals surface area contributed by atoms with Crippen molar-refractivity contribution in [3.8, 4) is 0 Å². The molecule has 18 heavy (non-hydrogen) atoms. The monoisotopic (exact) mass is 359 g/mol. The van der Waals surface area contributed by atoms with Crippen LogP contribution in [0.1, 0.15) is 11.8 Å². The van der Waals surface area contributed by atoms with Gasteiger partial charge in [0.05, 0.1) is 18.7 Å². The standard InChI is InChI=1S/C12H14IN3O2/c13-11-9-2-1-8(7-10(9)14-15-11)12(17)16-3-5-18-6-4-16/h1-2,7,12,17H,3-6H2,(H,14,15). The van der Waals surface area contributed by atoms with Crippen molar-refractivity contribution in [3.63, 3.8) is 0 Å². The predicted molar refractivity (Wildman–Crippen MR) is 76.2 cm³/mol. The first kappa shape index (κ1) is 12.3. The summed E-state index contributed by atoms with van der Waals surface area (Å²) in [7, 11) is 0. The van der Waals surface area contributed by atoms with Crippen LogP contribution in [0.4, 0.5) is 0 Å². The van der Waals surface area contributed by atoms with Crippen LogP contribution in [0.25, 0.3) is 10.9 Å². The summed E-state index contributed by atoms with van der Waals surface area (Å²) in [5, 5.41) is 18.6. The van der Waals surface area contributed by atoms with E-state index in [4.69, 9.17) is 4.74 Å². The zero-order valence-electron chi connectivity index (χ0n) is 9.77. The number of benzene rings is 1. The van der Waals surface area contributed by atoms with Crippen LogP contribution in [0, 0.1) is 3.70 Å². The molecule has 1 aromatic heterocycles. The number of ether oxygens (including phenoxy) is 1. The molecule has 1 unspecified atom stereocenters. The van der Waals surface area contributed by atoms with Crippen molar-refractivity contribution < 1.29 is 9.84 Å². The summed E-state index contributed by atoms with van der Waals surface area (Å²) in [4.78, 5) is 2.02. The molecule has 6 heteroatoms. The van der Waals surface area contributed by atoms with Crippen molar-refractivity contribution in [2.75, 3.05) is 26.3 Å². The van der Waals surface area contributed by atoms with E-state index >= 15 is 0 Å². The number of H-pyrrole nitrogens is 1. The molecular formula is C12H14IN3O2. The third-order valence-electron chi connectivity index (χ3n) is 3.22. The Hall–Kier alpha value is -0.700. The van der Waals surface area contributed by atoms with E-state index in [2.05, 4.69) is 32.8 Å². The van der Waals surface area contributed by atoms with E-state index in [0.29, 0.717) is 13.2 Å². The molecular weight excluding hydrogens is 345 g/mol. The fraction of sp³-hybridized carbons (Fsp3) is 0.417. The smallest absolute Gasteiger partial charge is 0.133 e. The number of nitrogens with zero attached hydrogens (tertiary/aromatic N) is 2. The number of halogens is 1. The van der Waals surface area contributed by atoms with Crippen LogP contribution in [0.5, 0.6) is 0 Å². The average Bonchev–Trinajstić information content (AvgIpc) is 2.80. The van der Waals surface area contributed by atoms with Crippen molar-refractivity contribution in [1.82, 2.24) is 15.1 Å². The normalized spacial score (nSPS) is 19.2. The third kappa shape index (κ3) is 2.25. The Balaban J connectivity index is 1.88. The Morgan fingerprint density at radius 3 is 2.94 bits per heavy atom. The minimum Gasteiger partial charge on any atom is -0.379 e. The molecule has 5 nitrogen and oxygen atoms in total. The van der Waals surface area contributed by atoms with Crippen molar-refractivity contribution >= 4 is 33.5 Å². The van der Waals surface area contributed by atoms with Gasteiger partial charge in [0, 0.05) is 18.5 Å². The zero-order chi connectivity index (χ0) is 12.5. The van der Waals surface area contributed by atoms with E-state index < -0.39 is 6.23 Å². The summed E-state index contributed by atoms with van der Waals surface area (Å²) in [6, 6.07) is 5.90. The summed E-state index contributed by atoms with van der Waals surface area (Å²) in [5.74, 6) is 0. The lowest BCUT2D eigenvalue weighted by atomic mass is 10.1. The van der Waals surface area contributed by atoms with Gasteiger partial charge in [-0.2, -0.15) is 5.10 Å². The summed E-state index contributed by atoms with van der Waals surface area (Å²) < 4.78 is 6.31. The number of morpholine rings is 1. The number of aliphatic hydroxyl groups is 1. The molecule has 0 spiro atoms. The minimum absolute atomic E-state index is 0.576. The molecule has 1 aliphatic heterocycles. The second kappa shape index (κ2) is 5.12. The third-order valence-corrected chi connectivity index (χ3v) is 4.04. The van der Waals surface area contributed by atoms with Gasteiger partial charge < -0.3 is 9.84 Å². The average molecular weight is 359 g/mol. The summed E-state index contributed by atoms with van der Waals surface area (Å²) in [6.07, 6.45) is -0.576.